The zero-order chi connectivity index (χ0) is 14.5. The molecule has 1 aliphatic carbocycles. The van der Waals surface area contributed by atoms with Gasteiger partial charge >= 0.3 is 0 Å². The first-order chi connectivity index (χ1) is 8.64. The largest absolute Gasteiger partial charge is 0.326 e. The van der Waals surface area contributed by atoms with Gasteiger partial charge in [-0.1, -0.05) is 45.9 Å². The summed E-state index contributed by atoms with van der Waals surface area (Å²) in [6.45, 7) is 8.53. The minimum absolute atomic E-state index is 0.0300. The van der Waals surface area contributed by atoms with Crippen molar-refractivity contribution < 1.29 is 8.42 Å². The smallest absolute Gasteiger partial charge is 0.241 e. The molecule has 0 aliphatic heterocycles. The Balaban J connectivity index is 2.31. The highest BCUT2D eigenvalue weighted by Gasteiger charge is 2.66. The lowest BCUT2D eigenvalue weighted by atomic mass is 10.0. The first-order valence-corrected chi connectivity index (χ1v) is 7.93. The topological polar surface area (TPSA) is 72.2 Å². The number of hydrogen-bond donors (Lipinski definition) is 2. The van der Waals surface area contributed by atoms with Gasteiger partial charge in [0, 0.05) is 12.6 Å². The molecule has 5 heteroatoms. The Morgan fingerprint density at radius 2 is 1.68 bits per heavy atom. The number of sulfonamides is 1. The Kier molecular flexibility index (Phi) is 3.28. The first kappa shape index (κ1) is 14.5. The van der Waals surface area contributed by atoms with E-state index in [1.165, 1.54) is 0 Å². The molecule has 3 N–H and O–H groups in total. The monoisotopic (exact) mass is 282 g/mol. The van der Waals surface area contributed by atoms with Crippen molar-refractivity contribution in [3.8, 4) is 0 Å². The lowest BCUT2D eigenvalue weighted by Crippen LogP contribution is -2.30. The van der Waals surface area contributed by atoms with Crippen molar-refractivity contribution in [1.82, 2.24) is 4.72 Å². The average Bonchev–Trinajstić information content (AvgIpc) is 2.71. The van der Waals surface area contributed by atoms with Crippen LogP contribution in [0, 0.1) is 10.8 Å². The fourth-order valence-electron chi connectivity index (χ4n) is 2.64. The molecule has 0 saturated heterocycles. The number of hydrogen-bond acceptors (Lipinski definition) is 3. The number of benzene rings is 1. The van der Waals surface area contributed by atoms with Gasteiger partial charge < -0.3 is 5.73 Å². The second-order valence-corrected chi connectivity index (χ2v) is 7.99. The van der Waals surface area contributed by atoms with E-state index < -0.39 is 10.0 Å². The van der Waals surface area contributed by atoms with E-state index in [0.717, 1.165) is 0 Å². The molecule has 0 radical (unpaired) electrons. The van der Waals surface area contributed by atoms with Crippen molar-refractivity contribution in [2.75, 3.05) is 0 Å². The summed E-state index contributed by atoms with van der Waals surface area (Å²) in [6, 6.07) is 6.82. The molecule has 0 bridgehead atoms. The summed E-state index contributed by atoms with van der Waals surface area (Å²) in [5.41, 5.74) is 6.19. The van der Waals surface area contributed by atoms with Crippen LogP contribution in [0.2, 0.25) is 0 Å². The second kappa shape index (κ2) is 4.30. The zero-order valence-electron chi connectivity index (χ0n) is 11.9. The van der Waals surface area contributed by atoms with Gasteiger partial charge in [0.15, 0.2) is 0 Å². The third-order valence-corrected chi connectivity index (χ3v) is 6.30. The number of rotatable bonds is 4. The van der Waals surface area contributed by atoms with Gasteiger partial charge in [0.05, 0.1) is 4.90 Å². The molecule has 106 valence electrons. The lowest BCUT2D eigenvalue weighted by molar-refractivity contribution is 0.457. The van der Waals surface area contributed by atoms with E-state index in [1.807, 2.05) is 0 Å². The standard InChI is InChI=1S/C14H22N2O2S/c1-13(2)12(14(13,3)4)16-19(17,18)11-8-6-5-7-10(11)9-15/h5-8,12,16H,9,15H2,1-4H3. The van der Waals surface area contributed by atoms with Crippen molar-refractivity contribution in [3.63, 3.8) is 0 Å². The highest BCUT2D eigenvalue weighted by Crippen LogP contribution is 2.62. The summed E-state index contributed by atoms with van der Waals surface area (Å²) in [5.74, 6) is 0. The van der Waals surface area contributed by atoms with E-state index >= 15 is 0 Å². The van der Waals surface area contributed by atoms with Crippen molar-refractivity contribution in [2.24, 2.45) is 16.6 Å². The van der Waals surface area contributed by atoms with Crippen LogP contribution in [0.1, 0.15) is 33.3 Å². The maximum atomic E-state index is 12.5. The quantitative estimate of drug-likeness (QED) is 0.885. The van der Waals surface area contributed by atoms with Crippen LogP contribution in [0.25, 0.3) is 0 Å². The van der Waals surface area contributed by atoms with Gasteiger partial charge in [-0.15, -0.1) is 0 Å². The minimum atomic E-state index is -3.51. The van der Waals surface area contributed by atoms with Gasteiger partial charge in [-0.25, -0.2) is 13.1 Å². The van der Waals surface area contributed by atoms with Crippen molar-refractivity contribution >= 4 is 10.0 Å². The van der Waals surface area contributed by atoms with E-state index in [-0.39, 0.29) is 28.3 Å². The molecule has 0 spiro atoms. The molecular formula is C14H22N2O2S. The SMILES string of the molecule is CC1(C)C(NS(=O)(=O)c2ccccc2CN)C1(C)C. The summed E-state index contributed by atoms with van der Waals surface area (Å²) in [4.78, 5) is 0.288. The maximum absolute atomic E-state index is 12.5. The van der Waals surface area contributed by atoms with Crippen LogP contribution in [0.15, 0.2) is 29.2 Å². The van der Waals surface area contributed by atoms with Crippen LogP contribution in [0.3, 0.4) is 0 Å². The predicted molar refractivity (Wildman–Crippen MR) is 76.0 cm³/mol. The highest BCUT2D eigenvalue weighted by atomic mass is 32.2. The minimum Gasteiger partial charge on any atom is -0.326 e. The van der Waals surface area contributed by atoms with E-state index in [2.05, 4.69) is 32.4 Å². The van der Waals surface area contributed by atoms with E-state index in [0.29, 0.717) is 5.56 Å². The van der Waals surface area contributed by atoms with Crippen LogP contribution in [-0.4, -0.2) is 14.5 Å². The molecule has 2 rings (SSSR count). The molecule has 1 aromatic carbocycles. The summed E-state index contributed by atoms with van der Waals surface area (Å²) < 4.78 is 27.8. The normalized spacial score (nSPS) is 21.3. The highest BCUT2D eigenvalue weighted by molar-refractivity contribution is 7.89. The van der Waals surface area contributed by atoms with Crippen LogP contribution < -0.4 is 10.5 Å². The van der Waals surface area contributed by atoms with Crippen molar-refractivity contribution in [2.45, 2.75) is 45.2 Å². The molecule has 0 unspecified atom stereocenters. The average molecular weight is 282 g/mol. The molecule has 0 aromatic heterocycles. The fraction of sp³-hybridized carbons (Fsp3) is 0.571. The molecule has 0 atom stereocenters. The van der Waals surface area contributed by atoms with E-state index in [4.69, 9.17) is 5.73 Å². The van der Waals surface area contributed by atoms with Gasteiger partial charge in [-0.2, -0.15) is 0 Å². The van der Waals surface area contributed by atoms with Crippen LogP contribution in [0.5, 0.6) is 0 Å². The Morgan fingerprint density at radius 3 is 2.16 bits per heavy atom. The summed E-state index contributed by atoms with van der Waals surface area (Å²) in [6.07, 6.45) is 0. The molecule has 19 heavy (non-hydrogen) atoms. The molecule has 0 amide bonds. The van der Waals surface area contributed by atoms with Crippen LogP contribution in [-0.2, 0) is 16.6 Å². The molecule has 0 heterocycles. The summed E-state index contributed by atoms with van der Waals surface area (Å²) >= 11 is 0. The van der Waals surface area contributed by atoms with E-state index in [9.17, 15) is 8.42 Å². The van der Waals surface area contributed by atoms with Crippen molar-refractivity contribution in [1.29, 1.82) is 0 Å². The molecule has 1 aliphatic rings. The third kappa shape index (κ3) is 2.20. The van der Waals surface area contributed by atoms with Crippen LogP contribution in [0.4, 0.5) is 0 Å². The summed E-state index contributed by atoms with van der Waals surface area (Å²) in [5, 5.41) is 0. The number of nitrogens with two attached hydrogens (primary N) is 1. The zero-order valence-corrected chi connectivity index (χ0v) is 12.7. The fourth-order valence-corrected chi connectivity index (χ4v) is 4.43. The second-order valence-electron chi connectivity index (χ2n) is 6.31. The predicted octanol–water partition coefficient (Wildman–Crippen LogP) is 1.86. The first-order valence-electron chi connectivity index (χ1n) is 6.45. The Bertz CT molecular complexity index is 577. The van der Waals surface area contributed by atoms with Gasteiger partial charge in [0.1, 0.15) is 0 Å². The molecule has 1 saturated carbocycles. The number of nitrogens with one attached hydrogen (secondary N) is 1. The lowest BCUT2D eigenvalue weighted by Gasteiger charge is -2.11. The Hall–Kier alpha value is -0.910. The molecular weight excluding hydrogens is 260 g/mol. The maximum Gasteiger partial charge on any atom is 0.241 e. The Labute approximate surface area is 115 Å². The van der Waals surface area contributed by atoms with Crippen molar-refractivity contribution in [3.05, 3.63) is 29.8 Å². The van der Waals surface area contributed by atoms with Gasteiger partial charge in [0.25, 0.3) is 0 Å². The molecule has 1 aromatic rings. The van der Waals surface area contributed by atoms with Gasteiger partial charge in [-0.3, -0.25) is 0 Å². The van der Waals surface area contributed by atoms with Crippen LogP contribution >= 0.6 is 0 Å². The van der Waals surface area contributed by atoms with Gasteiger partial charge in [0.2, 0.25) is 10.0 Å². The molecule has 4 nitrogen and oxygen atoms in total. The van der Waals surface area contributed by atoms with Gasteiger partial charge in [-0.05, 0) is 22.5 Å². The summed E-state index contributed by atoms with van der Waals surface area (Å²) in [7, 11) is -3.51. The van der Waals surface area contributed by atoms with E-state index in [1.54, 1.807) is 24.3 Å². The third-order valence-electron chi connectivity index (χ3n) is 4.78. The Morgan fingerprint density at radius 1 is 1.16 bits per heavy atom. The molecule has 1 fully saturated rings.